The van der Waals surface area contributed by atoms with Crippen molar-refractivity contribution in [2.45, 2.75) is 38.7 Å². The van der Waals surface area contributed by atoms with Crippen molar-refractivity contribution in [3.8, 4) is 0 Å². The second kappa shape index (κ2) is 5.36. The van der Waals surface area contributed by atoms with E-state index in [4.69, 9.17) is 5.11 Å². The maximum Gasteiger partial charge on any atom is 0.229 e. The Morgan fingerprint density at radius 3 is 2.75 bits per heavy atom. The zero-order chi connectivity index (χ0) is 11.4. The number of amides is 1. The van der Waals surface area contributed by atoms with Crippen LogP contribution in [0.1, 0.15) is 37.1 Å². The smallest absolute Gasteiger partial charge is 0.229 e. The summed E-state index contributed by atoms with van der Waals surface area (Å²) in [5.41, 5.74) is 0. The van der Waals surface area contributed by atoms with Crippen molar-refractivity contribution in [2.75, 3.05) is 5.32 Å². The third-order valence-corrected chi connectivity index (χ3v) is 3.63. The molecule has 1 fully saturated rings. The van der Waals surface area contributed by atoms with E-state index in [9.17, 15) is 4.79 Å². The number of carbonyl (C=O) groups is 1. The minimum atomic E-state index is -0.128. The molecule has 1 amide bonds. The molecule has 0 spiro atoms. The Kier molecular flexibility index (Phi) is 3.84. The van der Waals surface area contributed by atoms with E-state index in [1.807, 2.05) is 0 Å². The van der Waals surface area contributed by atoms with Crippen molar-refractivity contribution in [2.24, 2.45) is 5.92 Å². The SMILES string of the molecule is O=C(Nc1nnc(CO)s1)C1CCCCC1. The van der Waals surface area contributed by atoms with Gasteiger partial charge in [-0.1, -0.05) is 30.6 Å². The summed E-state index contributed by atoms with van der Waals surface area (Å²) in [4.78, 5) is 11.8. The highest BCUT2D eigenvalue weighted by Crippen LogP contribution is 2.25. The highest BCUT2D eigenvalue weighted by molar-refractivity contribution is 7.15. The molecule has 88 valence electrons. The first kappa shape index (κ1) is 11.5. The maximum atomic E-state index is 11.8. The van der Waals surface area contributed by atoms with Crippen LogP contribution in [0.3, 0.4) is 0 Å². The zero-order valence-corrected chi connectivity index (χ0v) is 9.79. The highest BCUT2D eigenvalue weighted by atomic mass is 32.1. The number of anilines is 1. The van der Waals surface area contributed by atoms with Crippen LogP contribution in [0.4, 0.5) is 5.13 Å². The van der Waals surface area contributed by atoms with Crippen molar-refractivity contribution < 1.29 is 9.90 Å². The molecule has 0 aromatic carbocycles. The van der Waals surface area contributed by atoms with Crippen LogP contribution in [0.15, 0.2) is 0 Å². The molecule has 0 unspecified atom stereocenters. The Labute approximate surface area is 97.9 Å². The summed E-state index contributed by atoms with van der Waals surface area (Å²) in [5, 5.41) is 20.1. The molecule has 0 saturated heterocycles. The zero-order valence-electron chi connectivity index (χ0n) is 8.98. The Hall–Kier alpha value is -1.01. The predicted molar refractivity (Wildman–Crippen MR) is 61.0 cm³/mol. The number of aliphatic hydroxyl groups excluding tert-OH is 1. The largest absolute Gasteiger partial charge is 0.389 e. The first-order valence-electron chi connectivity index (χ1n) is 5.53. The highest BCUT2D eigenvalue weighted by Gasteiger charge is 2.21. The average molecular weight is 241 g/mol. The normalized spacial score (nSPS) is 17.3. The first-order chi connectivity index (χ1) is 7.79. The van der Waals surface area contributed by atoms with Crippen LogP contribution >= 0.6 is 11.3 Å². The van der Waals surface area contributed by atoms with Crippen LogP contribution in [0, 0.1) is 5.92 Å². The summed E-state index contributed by atoms with van der Waals surface area (Å²) in [7, 11) is 0. The second-order valence-electron chi connectivity index (χ2n) is 3.98. The van der Waals surface area contributed by atoms with Gasteiger partial charge < -0.3 is 10.4 Å². The molecule has 1 aromatic heterocycles. The van der Waals surface area contributed by atoms with Crippen LogP contribution in [0.25, 0.3) is 0 Å². The molecule has 6 heteroatoms. The Bertz CT molecular complexity index is 361. The fourth-order valence-electron chi connectivity index (χ4n) is 1.94. The number of rotatable bonds is 3. The number of carbonyl (C=O) groups excluding carboxylic acids is 1. The summed E-state index contributed by atoms with van der Waals surface area (Å²) in [6, 6.07) is 0. The number of aliphatic hydroxyl groups is 1. The molecule has 0 bridgehead atoms. The lowest BCUT2D eigenvalue weighted by molar-refractivity contribution is -0.120. The van der Waals surface area contributed by atoms with E-state index >= 15 is 0 Å². The molecule has 2 N–H and O–H groups in total. The molecule has 1 aliphatic carbocycles. The summed E-state index contributed by atoms with van der Waals surface area (Å²) >= 11 is 1.22. The van der Waals surface area contributed by atoms with Gasteiger partial charge in [0.15, 0.2) is 0 Å². The van der Waals surface area contributed by atoms with Gasteiger partial charge in [-0.15, -0.1) is 10.2 Å². The van der Waals surface area contributed by atoms with E-state index in [1.165, 1.54) is 17.8 Å². The molecule has 1 heterocycles. The topological polar surface area (TPSA) is 75.1 Å². The van der Waals surface area contributed by atoms with Crippen molar-refractivity contribution in [3.05, 3.63) is 5.01 Å². The minimum Gasteiger partial charge on any atom is -0.389 e. The van der Waals surface area contributed by atoms with Crippen molar-refractivity contribution >= 4 is 22.4 Å². The van der Waals surface area contributed by atoms with Gasteiger partial charge in [-0.05, 0) is 12.8 Å². The van der Waals surface area contributed by atoms with Crippen LogP contribution in [-0.4, -0.2) is 21.2 Å². The maximum absolute atomic E-state index is 11.8. The molecular weight excluding hydrogens is 226 g/mol. The number of aromatic nitrogens is 2. The van der Waals surface area contributed by atoms with E-state index in [-0.39, 0.29) is 18.4 Å². The van der Waals surface area contributed by atoms with Gasteiger partial charge in [-0.2, -0.15) is 0 Å². The number of hydrogen-bond acceptors (Lipinski definition) is 5. The molecule has 0 radical (unpaired) electrons. The van der Waals surface area contributed by atoms with Crippen molar-refractivity contribution in [1.29, 1.82) is 0 Å². The number of nitrogens with zero attached hydrogens (tertiary/aromatic N) is 2. The molecule has 16 heavy (non-hydrogen) atoms. The monoisotopic (exact) mass is 241 g/mol. The summed E-state index contributed by atoms with van der Waals surface area (Å²) < 4.78 is 0. The van der Waals surface area contributed by atoms with E-state index < -0.39 is 0 Å². The van der Waals surface area contributed by atoms with Crippen molar-refractivity contribution in [1.82, 2.24) is 10.2 Å². The van der Waals surface area contributed by atoms with Gasteiger partial charge in [0, 0.05) is 5.92 Å². The van der Waals surface area contributed by atoms with Crippen LogP contribution in [-0.2, 0) is 11.4 Å². The van der Waals surface area contributed by atoms with E-state index in [2.05, 4.69) is 15.5 Å². The van der Waals surface area contributed by atoms with Crippen LogP contribution in [0.5, 0.6) is 0 Å². The Balaban J connectivity index is 1.90. The quantitative estimate of drug-likeness (QED) is 0.842. The number of hydrogen-bond donors (Lipinski definition) is 2. The standard InChI is InChI=1S/C10H15N3O2S/c14-6-8-12-13-10(16-8)11-9(15)7-4-2-1-3-5-7/h7,14H,1-6H2,(H,11,13,15). The molecule has 1 aromatic rings. The molecular formula is C10H15N3O2S. The Morgan fingerprint density at radius 1 is 1.38 bits per heavy atom. The third-order valence-electron chi connectivity index (χ3n) is 2.81. The third kappa shape index (κ3) is 2.76. The molecule has 5 nitrogen and oxygen atoms in total. The fourth-order valence-corrected chi connectivity index (χ4v) is 2.54. The molecule has 0 aliphatic heterocycles. The summed E-state index contributed by atoms with van der Waals surface area (Å²) in [5.74, 6) is 0.163. The molecule has 0 atom stereocenters. The molecule has 1 aliphatic rings. The van der Waals surface area contributed by atoms with Gasteiger partial charge in [0.1, 0.15) is 5.01 Å². The fraction of sp³-hybridized carbons (Fsp3) is 0.700. The van der Waals surface area contributed by atoms with Crippen molar-refractivity contribution in [3.63, 3.8) is 0 Å². The second-order valence-corrected chi connectivity index (χ2v) is 5.05. The Morgan fingerprint density at radius 2 is 2.12 bits per heavy atom. The van der Waals surface area contributed by atoms with Gasteiger partial charge in [0.25, 0.3) is 0 Å². The van der Waals surface area contributed by atoms with E-state index in [0.29, 0.717) is 10.1 Å². The van der Waals surface area contributed by atoms with E-state index in [0.717, 1.165) is 25.7 Å². The average Bonchev–Trinajstić information content (AvgIpc) is 2.78. The molecule has 1 saturated carbocycles. The predicted octanol–water partition coefficient (Wildman–Crippen LogP) is 1.55. The summed E-state index contributed by atoms with van der Waals surface area (Å²) in [6.45, 7) is -0.128. The van der Waals surface area contributed by atoms with E-state index in [1.54, 1.807) is 0 Å². The number of nitrogens with one attached hydrogen (secondary N) is 1. The molecule has 2 rings (SSSR count). The first-order valence-corrected chi connectivity index (χ1v) is 6.35. The van der Waals surface area contributed by atoms with Gasteiger partial charge >= 0.3 is 0 Å². The summed E-state index contributed by atoms with van der Waals surface area (Å²) in [6.07, 6.45) is 5.44. The lowest BCUT2D eigenvalue weighted by Crippen LogP contribution is -2.24. The van der Waals surface area contributed by atoms with Gasteiger partial charge in [-0.25, -0.2) is 0 Å². The van der Waals surface area contributed by atoms with Crippen LogP contribution < -0.4 is 5.32 Å². The van der Waals surface area contributed by atoms with Gasteiger partial charge in [0.05, 0.1) is 6.61 Å². The van der Waals surface area contributed by atoms with Gasteiger partial charge in [0.2, 0.25) is 11.0 Å². The lowest BCUT2D eigenvalue weighted by atomic mass is 9.89. The minimum absolute atomic E-state index is 0.0420. The van der Waals surface area contributed by atoms with Gasteiger partial charge in [-0.3, -0.25) is 4.79 Å². The lowest BCUT2D eigenvalue weighted by Gasteiger charge is -2.19. The van der Waals surface area contributed by atoms with Crippen LogP contribution in [0.2, 0.25) is 0 Å².